The average Bonchev–Trinajstić information content (AvgIpc) is 3.47. The summed E-state index contributed by atoms with van der Waals surface area (Å²) in [6.45, 7) is 3.05. The van der Waals surface area contributed by atoms with Gasteiger partial charge in [-0.2, -0.15) is 4.31 Å². The zero-order valence-corrected chi connectivity index (χ0v) is 18.6. The van der Waals surface area contributed by atoms with Gasteiger partial charge in [-0.1, -0.05) is 30.0 Å². The molecule has 1 aliphatic rings. The molecule has 162 valence electrons. The highest BCUT2D eigenvalue weighted by molar-refractivity contribution is 7.99. The Morgan fingerprint density at radius 2 is 1.81 bits per heavy atom. The van der Waals surface area contributed by atoms with Crippen LogP contribution in [0.25, 0.3) is 11.5 Å². The Hall–Kier alpha value is -2.69. The van der Waals surface area contributed by atoms with Crippen LogP contribution in [0.3, 0.4) is 0 Å². The lowest BCUT2D eigenvalue weighted by Gasteiger charge is -2.15. The lowest BCUT2D eigenvalue weighted by molar-refractivity contribution is -0.113. The summed E-state index contributed by atoms with van der Waals surface area (Å²) in [7, 11) is -3.46. The third-order valence-corrected chi connectivity index (χ3v) is 7.69. The van der Waals surface area contributed by atoms with E-state index in [1.165, 1.54) is 4.31 Å². The molecule has 2 heterocycles. The second-order valence-corrected chi connectivity index (χ2v) is 10.0. The molecule has 0 saturated carbocycles. The highest BCUT2D eigenvalue weighted by atomic mass is 32.2. The highest BCUT2D eigenvalue weighted by Crippen LogP contribution is 2.26. The van der Waals surface area contributed by atoms with Crippen LogP contribution in [-0.4, -0.2) is 47.7 Å². The van der Waals surface area contributed by atoms with Gasteiger partial charge in [0, 0.05) is 24.3 Å². The summed E-state index contributed by atoms with van der Waals surface area (Å²) in [5.41, 5.74) is 2.36. The maximum Gasteiger partial charge on any atom is 0.277 e. The summed E-state index contributed by atoms with van der Waals surface area (Å²) in [5, 5.41) is 11.1. The van der Waals surface area contributed by atoms with E-state index in [0.29, 0.717) is 18.7 Å². The molecule has 1 saturated heterocycles. The molecule has 10 heteroatoms. The van der Waals surface area contributed by atoms with Gasteiger partial charge < -0.3 is 9.73 Å². The fourth-order valence-electron chi connectivity index (χ4n) is 3.26. The molecule has 0 spiro atoms. The van der Waals surface area contributed by atoms with Crippen LogP contribution in [0.2, 0.25) is 0 Å². The van der Waals surface area contributed by atoms with Crippen LogP contribution >= 0.6 is 11.8 Å². The van der Waals surface area contributed by atoms with Crippen LogP contribution in [0.15, 0.2) is 63.1 Å². The molecule has 0 aliphatic carbocycles. The van der Waals surface area contributed by atoms with E-state index in [2.05, 4.69) is 15.5 Å². The van der Waals surface area contributed by atoms with Gasteiger partial charge in [0.25, 0.3) is 5.22 Å². The fourth-order valence-corrected chi connectivity index (χ4v) is 5.34. The van der Waals surface area contributed by atoms with Crippen LogP contribution in [0.1, 0.15) is 18.4 Å². The molecule has 1 N–H and O–H groups in total. The number of hydrogen-bond acceptors (Lipinski definition) is 7. The summed E-state index contributed by atoms with van der Waals surface area (Å²) < 4.78 is 32.4. The number of aryl methyl sites for hydroxylation is 1. The van der Waals surface area contributed by atoms with Crippen molar-refractivity contribution in [3.05, 3.63) is 54.1 Å². The molecule has 8 nitrogen and oxygen atoms in total. The predicted molar refractivity (Wildman–Crippen MR) is 118 cm³/mol. The number of anilines is 1. The van der Waals surface area contributed by atoms with Crippen LogP contribution < -0.4 is 5.32 Å². The van der Waals surface area contributed by atoms with Crippen molar-refractivity contribution in [2.75, 3.05) is 24.2 Å². The molecule has 2 aromatic carbocycles. The summed E-state index contributed by atoms with van der Waals surface area (Å²) in [6.07, 6.45) is 1.78. The number of rotatable bonds is 7. The van der Waals surface area contributed by atoms with Crippen molar-refractivity contribution in [2.24, 2.45) is 0 Å². The van der Waals surface area contributed by atoms with Gasteiger partial charge in [-0.3, -0.25) is 4.79 Å². The fraction of sp³-hybridized carbons (Fsp3) is 0.286. The van der Waals surface area contributed by atoms with Gasteiger partial charge in [0.05, 0.1) is 10.6 Å². The minimum Gasteiger partial charge on any atom is -0.411 e. The zero-order valence-electron chi connectivity index (χ0n) is 16.9. The van der Waals surface area contributed by atoms with E-state index in [-0.39, 0.29) is 27.7 Å². The van der Waals surface area contributed by atoms with Crippen molar-refractivity contribution in [3.63, 3.8) is 0 Å². The second kappa shape index (κ2) is 9.21. The lowest BCUT2D eigenvalue weighted by Crippen LogP contribution is -2.27. The predicted octanol–water partition coefficient (Wildman–Crippen LogP) is 3.56. The standard InChI is InChI=1S/C21H22N4O4S2/c1-15-6-2-3-7-18(15)22-19(26)14-30-21-24-23-20(29-21)16-8-10-17(11-9-16)31(27,28)25-12-4-5-13-25/h2-3,6-11H,4-5,12-14H2,1H3,(H,22,26). The van der Waals surface area contributed by atoms with E-state index in [9.17, 15) is 13.2 Å². The number of hydrogen-bond donors (Lipinski definition) is 1. The maximum absolute atomic E-state index is 12.6. The number of sulfonamides is 1. The van der Waals surface area contributed by atoms with Gasteiger partial charge in [-0.05, 0) is 55.7 Å². The maximum atomic E-state index is 12.6. The van der Waals surface area contributed by atoms with Crippen LogP contribution in [0.4, 0.5) is 5.69 Å². The number of nitrogens with zero attached hydrogens (tertiary/aromatic N) is 3. The van der Waals surface area contributed by atoms with Crippen LogP contribution in [0, 0.1) is 6.92 Å². The minimum absolute atomic E-state index is 0.128. The lowest BCUT2D eigenvalue weighted by atomic mass is 10.2. The largest absolute Gasteiger partial charge is 0.411 e. The molecule has 0 unspecified atom stereocenters. The Morgan fingerprint density at radius 3 is 2.52 bits per heavy atom. The first-order valence-corrected chi connectivity index (χ1v) is 12.3. The van der Waals surface area contributed by atoms with Gasteiger partial charge >= 0.3 is 0 Å². The number of benzene rings is 2. The van der Waals surface area contributed by atoms with Crippen LogP contribution in [-0.2, 0) is 14.8 Å². The average molecular weight is 459 g/mol. The first-order valence-electron chi connectivity index (χ1n) is 9.86. The topological polar surface area (TPSA) is 105 Å². The molecule has 1 aliphatic heterocycles. The number of carbonyl (C=O) groups is 1. The van der Waals surface area contributed by atoms with E-state index < -0.39 is 10.0 Å². The monoisotopic (exact) mass is 458 g/mol. The molecular formula is C21H22N4O4S2. The molecular weight excluding hydrogens is 436 g/mol. The van der Waals surface area contributed by atoms with Gasteiger partial charge in [0.2, 0.25) is 21.8 Å². The Labute approximate surface area is 185 Å². The van der Waals surface area contributed by atoms with Crippen molar-refractivity contribution in [1.29, 1.82) is 0 Å². The van der Waals surface area contributed by atoms with E-state index >= 15 is 0 Å². The first-order chi connectivity index (χ1) is 14.9. The second-order valence-electron chi connectivity index (χ2n) is 7.16. The minimum atomic E-state index is -3.46. The SMILES string of the molecule is Cc1ccccc1NC(=O)CSc1nnc(-c2ccc(S(=O)(=O)N3CCCC3)cc2)o1. The Balaban J connectivity index is 1.37. The Bertz CT molecular complexity index is 1170. The van der Waals surface area contributed by atoms with E-state index in [1.54, 1.807) is 24.3 Å². The van der Waals surface area contributed by atoms with E-state index in [1.807, 2.05) is 31.2 Å². The van der Waals surface area contributed by atoms with Crippen molar-refractivity contribution >= 4 is 33.4 Å². The Kier molecular flexibility index (Phi) is 6.40. The number of amides is 1. The summed E-state index contributed by atoms with van der Waals surface area (Å²) in [5.74, 6) is 0.227. The third-order valence-electron chi connectivity index (χ3n) is 4.96. The Morgan fingerprint density at radius 1 is 1.10 bits per heavy atom. The van der Waals surface area contributed by atoms with Gasteiger partial charge in [-0.25, -0.2) is 8.42 Å². The zero-order chi connectivity index (χ0) is 21.8. The number of thioether (sulfide) groups is 1. The van der Waals surface area contributed by atoms with E-state index in [4.69, 9.17) is 4.42 Å². The molecule has 1 amide bonds. The molecule has 0 atom stereocenters. The molecule has 0 radical (unpaired) electrons. The molecule has 4 rings (SSSR count). The summed E-state index contributed by atoms with van der Waals surface area (Å²) in [4.78, 5) is 12.4. The van der Waals surface area contributed by atoms with Crippen molar-refractivity contribution in [3.8, 4) is 11.5 Å². The quantitative estimate of drug-likeness (QED) is 0.540. The highest BCUT2D eigenvalue weighted by Gasteiger charge is 2.27. The summed E-state index contributed by atoms with van der Waals surface area (Å²) in [6, 6.07) is 13.9. The molecule has 1 fully saturated rings. The number of carbonyl (C=O) groups excluding carboxylic acids is 1. The van der Waals surface area contributed by atoms with E-state index in [0.717, 1.165) is 35.9 Å². The van der Waals surface area contributed by atoms with Gasteiger partial charge in [0.15, 0.2) is 0 Å². The van der Waals surface area contributed by atoms with Crippen molar-refractivity contribution < 1.29 is 17.6 Å². The number of para-hydroxylation sites is 1. The van der Waals surface area contributed by atoms with Crippen molar-refractivity contribution in [1.82, 2.24) is 14.5 Å². The van der Waals surface area contributed by atoms with Crippen molar-refractivity contribution in [2.45, 2.75) is 29.9 Å². The summed E-state index contributed by atoms with van der Waals surface area (Å²) >= 11 is 1.14. The van der Waals surface area contributed by atoms with Crippen LogP contribution in [0.5, 0.6) is 0 Å². The third kappa shape index (κ3) is 4.97. The molecule has 31 heavy (non-hydrogen) atoms. The normalized spacial score (nSPS) is 14.6. The number of aromatic nitrogens is 2. The molecule has 1 aromatic heterocycles. The molecule has 3 aromatic rings. The van der Waals surface area contributed by atoms with Gasteiger partial charge in [0.1, 0.15) is 0 Å². The number of nitrogens with one attached hydrogen (secondary N) is 1. The smallest absolute Gasteiger partial charge is 0.277 e. The molecule has 0 bridgehead atoms. The first kappa shape index (κ1) is 21.5. The van der Waals surface area contributed by atoms with Gasteiger partial charge in [-0.15, -0.1) is 10.2 Å².